The van der Waals surface area contributed by atoms with Crippen LogP contribution in [0, 0.1) is 0 Å². The molecule has 0 N–H and O–H groups in total. The van der Waals surface area contributed by atoms with E-state index in [0.717, 1.165) is 15.3 Å². The number of rotatable bonds is 2. The molecule has 56 valence electrons. The zero-order chi connectivity index (χ0) is 7.56. The molecule has 0 aromatic carbocycles. The summed E-state index contributed by atoms with van der Waals surface area (Å²) in [6, 6.07) is 0. The number of hydrogen-bond acceptors (Lipinski definition) is 3. The van der Waals surface area contributed by atoms with Gasteiger partial charge in [0.05, 0.1) is 9.98 Å². The lowest BCUT2D eigenvalue weighted by Crippen LogP contribution is -2.09. The highest BCUT2D eigenvalue weighted by Gasteiger charge is 1.99. The highest BCUT2D eigenvalue weighted by Crippen LogP contribution is 2.19. The van der Waals surface area contributed by atoms with Crippen LogP contribution in [-0.2, 0) is 6.54 Å². The number of nitrogens with zero attached hydrogens (tertiary/aromatic N) is 2. The molecular formula is C6H9BrN2S. The van der Waals surface area contributed by atoms with E-state index < -0.39 is 0 Å². The fourth-order valence-corrected chi connectivity index (χ4v) is 2.05. The highest BCUT2D eigenvalue weighted by atomic mass is 79.9. The number of aromatic nitrogens is 1. The minimum absolute atomic E-state index is 0.927. The van der Waals surface area contributed by atoms with Crippen LogP contribution < -0.4 is 0 Å². The summed E-state index contributed by atoms with van der Waals surface area (Å²) in [7, 11) is 4.07. The van der Waals surface area contributed by atoms with Gasteiger partial charge in [-0.2, -0.15) is 0 Å². The van der Waals surface area contributed by atoms with E-state index in [-0.39, 0.29) is 0 Å². The second-order valence-corrected chi connectivity index (χ2v) is 4.79. The van der Waals surface area contributed by atoms with E-state index in [1.165, 1.54) is 0 Å². The summed E-state index contributed by atoms with van der Waals surface area (Å²) < 4.78 is 1.10. The van der Waals surface area contributed by atoms with Gasteiger partial charge in [0.25, 0.3) is 0 Å². The average molecular weight is 221 g/mol. The monoisotopic (exact) mass is 220 g/mol. The molecule has 1 rings (SSSR count). The molecule has 4 heteroatoms. The maximum absolute atomic E-state index is 4.19. The lowest BCUT2D eigenvalue weighted by atomic mass is 10.6. The van der Waals surface area contributed by atoms with Crippen molar-refractivity contribution in [1.82, 2.24) is 9.88 Å². The number of halogens is 1. The fourth-order valence-electron chi connectivity index (χ4n) is 0.632. The van der Waals surface area contributed by atoms with Gasteiger partial charge in [-0.25, -0.2) is 4.98 Å². The molecule has 1 aromatic rings. The molecule has 0 fully saturated rings. The van der Waals surface area contributed by atoms with Crippen molar-refractivity contribution in [2.75, 3.05) is 14.1 Å². The van der Waals surface area contributed by atoms with Gasteiger partial charge in [0.1, 0.15) is 5.01 Å². The van der Waals surface area contributed by atoms with Crippen molar-refractivity contribution in [3.8, 4) is 0 Å². The van der Waals surface area contributed by atoms with Crippen LogP contribution in [0.5, 0.6) is 0 Å². The van der Waals surface area contributed by atoms with Crippen molar-refractivity contribution in [2.24, 2.45) is 0 Å². The molecule has 0 spiro atoms. The Balaban J connectivity index is 2.58. The second kappa shape index (κ2) is 3.46. The largest absolute Gasteiger partial charge is 0.303 e. The van der Waals surface area contributed by atoms with Crippen LogP contribution in [0.25, 0.3) is 0 Å². The molecule has 0 atom stereocenters. The standard InChI is InChI=1S/C6H9BrN2S/c1-9(2)4-6-8-3-5(7)10-6/h3H,4H2,1-2H3. The van der Waals surface area contributed by atoms with Crippen LogP contribution in [-0.4, -0.2) is 24.0 Å². The topological polar surface area (TPSA) is 16.1 Å². The van der Waals surface area contributed by atoms with Crippen LogP contribution in [0.15, 0.2) is 9.98 Å². The Labute approximate surface area is 73.0 Å². The Morgan fingerprint density at radius 3 is 2.80 bits per heavy atom. The molecule has 0 aliphatic heterocycles. The van der Waals surface area contributed by atoms with Gasteiger partial charge in [-0.3, -0.25) is 0 Å². The van der Waals surface area contributed by atoms with E-state index in [2.05, 4.69) is 25.8 Å². The first-order chi connectivity index (χ1) is 4.68. The van der Waals surface area contributed by atoms with Gasteiger partial charge in [-0.1, -0.05) is 0 Å². The number of thiazole rings is 1. The maximum atomic E-state index is 4.19. The predicted octanol–water partition coefficient (Wildman–Crippen LogP) is 1.97. The molecule has 0 amide bonds. The third-order valence-corrected chi connectivity index (χ3v) is 2.44. The molecule has 0 aliphatic carbocycles. The summed E-state index contributed by atoms with van der Waals surface area (Å²) in [5, 5.41) is 1.15. The van der Waals surface area contributed by atoms with E-state index in [0.29, 0.717) is 0 Å². The molecule has 2 nitrogen and oxygen atoms in total. The average Bonchev–Trinajstić information content (AvgIpc) is 2.13. The Morgan fingerprint density at radius 1 is 1.70 bits per heavy atom. The fraction of sp³-hybridized carbons (Fsp3) is 0.500. The van der Waals surface area contributed by atoms with E-state index in [4.69, 9.17) is 0 Å². The Kier molecular flexibility index (Phi) is 2.82. The van der Waals surface area contributed by atoms with Crippen molar-refractivity contribution in [1.29, 1.82) is 0 Å². The smallest absolute Gasteiger partial charge is 0.108 e. The summed E-state index contributed by atoms with van der Waals surface area (Å²) in [5.41, 5.74) is 0. The molecule has 0 radical (unpaired) electrons. The second-order valence-electron chi connectivity index (χ2n) is 2.30. The van der Waals surface area contributed by atoms with Gasteiger partial charge in [-0.05, 0) is 30.0 Å². The first-order valence-corrected chi connectivity index (χ1v) is 4.54. The van der Waals surface area contributed by atoms with Gasteiger partial charge in [0.15, 0.2) is 0 Å². The Bertz CT molecular complexity index is 209. The molecule has 1 heterocycles. The summed E-state index contributed by atoms with van der Waals surface area (Å²) >= 11 is 5.04. The van der Waals surface area contributed by atoms with Crippen LogP contribution in [0.1, 0.15) is 5.01 Å². The van der Waals surface area contributed by atoms with Crippen LogP contribution in [0.4, 0.5) is 0 Å². The number of hydrogen-bond donors (Lipinski definition) is 0. The maximum Gasteiger partial charge on any atom is 0.108 e. The minimum atomic E-state index is 0.927. The first-order valence-electron chi connectivity index (χ1n) is 2.93. The normalized spacial score (nSPS) is 10.8. The van der Waals surface area contributed by atoms with Gasteiger partial charge in [0.2, 0.25) is 0 Å². The third-order valence-electron chi connectivity index (χ3n) is 0.977. The summed E-state index contributed by atoms with van der Waals surface area (Å²) in [6.07, 6.45) is 1.84. The quantitative estimate of drug-likeness (QED) is 0.758. The van der Waals surface area contributed by atoms with Crippen molar-refractivity contribution < 1.29 is 0 Å². The van der Waals surface area contributed by atoms with Crippen LogP contribution in [0.3, 0.4) is 0 Å². The Hall–Kier alpha value is 0.0700. The van der Waals surface area contributed by atoms with Crippen LogP contribution in [0.2, 0.25) is 0 Å². The van der Waals surface area contributed by atoms with E-state index in [1.54, 1.807) is 11.3 Å². The van der Waals surface area contributed by atoms with Gasteiger partial charge in [-0.15, -0.1) is 11.3 Å². The third kappa shape index (κ3) is 2.36. The SMILES string of the molecule is CN(C)Cc1ncc(Br)s1. The van der Waals surface area contributed by atoms with Crippen molar-refractivity contribution in [2.45, 2.75) is 6.54 Å². The van der Waals surface area contributed by atoms with Gasteiger partial charge >= 0.3 is 0 Å². The van der Waals surface area contributed by atoms with E-state index in [9.17, 15) is 0 Å². The molecule has 1 aromatic heterocycles. The zero-order valence-electron chi connectivity index (χ0n) is 5.97. The molecule has 0 saturated carbocycles. The molecule has 10 heavy (non-hydrogen) atoms. The molecular weight excluding hydrogens is 212 g/mol. The van der Waals surface area contributed by atoms with Crippen LogP contribution >= 0.6 is 27.3 Å². The molecule has 0 aliphatic rings. The summed E-state index contributed by atoms with van der Waals surface area (Å²) in [5.74, 6) is 0. The molecule has 0 saturated heterocycles. The summed E-state index contributed by atoms with van der Waals surface area (Å²) in [4.78, 5) is 6.29. The predicted molar refractivity (Wildman–Crippen MR) is 47.2 cm³/mol. The van der Waals surface area contributed by atoms with Crippen molar-refractivity contribution in [3.05, 3.63) is 15.0 Å². The van der Waals surface area contributed by atoms with Crippen molar-refractivity contribution in [3.63, 3.8) is 0 Å². The van der Waals surface area contributed by atoms with E-state index >= 15 is 0 Å². The van der Waals surface area contributed by atoms with E-state index in [1.807, 2.05) is 20.3 Å². The summed E-state index contributed by atoms with van der Waals surface area (Å²) in [6.45, 7) is 0.927. The van der Waals surface area contributed by atoms with Gasteiger partial charge < -0.3 is 4.90 Å². The molecule has 0 bridgehead atoms. The first kappa shape index (κ1) is 8.17. The minimum Gasteiger partial charge on any atom is -0.303 e. The zero-order valence-corrected chi connectivity index (χ0v) is 8.37. The lowest BCUT2D eigenvalue weighted by Gasteiger charge is -2.04. The molecule has 0 unspecified atom stereocenters. The Morgan fingerprint density at radius 2 is 2.40 bits per heavy atom. The highest BCUT2D eigenvalue weighted by molar-refractivity contribution is 9.11. The van der Waals surface area contributed by atoms with Gasteiger partial charge in [0, 0.05) is 6.54 Å². The van der Waals surface area contributed by atoms with Crippen molar-refractivity contribution >= 4 is 27.3 Å². The lowest BCUT2D eigenvalue weighted by molar-refractivity contribution is 0.401.